The number of hydrogen-bond donors (Lipinski definition) is 1. The number of hydrogen-bond acceptors (Lipinski definition) is 6. The molecule has 1 aliphatic heterocycles. The third kappa shape index (κ3) is 3.23. The van der Waals surface area contributed by atoms with Crippen LogP contribution in [-0.2, 0) is 9.53 Å². The molecule has 2 aromatic rings. The molecule has 1 aromatic carbocycles. The van der Waals surface area contributed by atoms with Crippen LogP contribution in [0.2, 0.25) is 0 Å². The quantitative estimate of drug-likeness (QED) is 0.755. The van der Waals surface area contributed by atoms with E-state index in [4.69, 9.17) is 9.47 Å². The third-order valence-electron chi connectivity index (χ3n) is 4.26. The summed E-state index contributed by atoms with van der Waals surface area (Å²) >= 11 is 1.27. The van der Waals surface area contributed by atoms with Gasteiger partial charge in [0.05, 0.1) is 30.2 Å². The van der Waals surface area contributed by atoms with E-state index in [1.807, 2.05) is 0 Å². The highest BCUT2D eigenvalue weighted by atomic mass is 32.1. The van der Waals surface area contributed by atoms with Crippen molar-refractivity contribution in [1.82, 2.24) is 4.90 Å². The van der Waals surface area contributed by atoms with E-state index in [1.54, 1.807) is 48.9 Å². The molecule has 0 spiro atoms. The van der Waals surface area contributed by atoms with Crippen LogP contribution in [0.5, 0.6) is 5.75 Å². The van der Waals surface area contributed by atoms with Crippen molar-refractivity contribution < 1.29 is 24.2 Å². The molecule has 3 rings (SSSR count). The Labute approximate surface area is 155 Å². The highest BCUT2D eigenvalue weighted by Gasteiger charge is 2.43. The largest absolute Gasteiger partial charge is 0.503 e. The van der Waals surface area contributed by atoms with Crippen LogP contribution in [0.1, 0.15) is 21.3 Å². The van der Waals surface area contributed by atoms with Gasteiger partial charge in [0.25, 0.3) is 5.91 Å². The van der Waals surface area contributed by atoms with Gasteiger partial charge in [-0.1, -0.05) is 18.2 Å². The molecule has 0 aliphatic carbocycles. The molecule has 0 unspecified atom stereocenters. The SMILES string of the molecule is COCCN1C(=O)C(O)=C(C(=O)c2cccs2)[C@@H]1c1ccc(OC)cc1. The Kier molecular flexibility index (Phi) is 5.39. The van der Waals surface area contributed by atoms with Gasteiger partial charge in [-0.2, -0.15) is 0 Å². The summed E-state index contributed by atoms with van der Waals surface area (Å²) < 4.78 is 10.3. The molecule has 0 fully saturated rings. The summed E-state index contributed by atoms with van der Waals surface area (Å²) in [6.45, 7) is 0.559. The van der Waals surface area contributed by atoms with Crippen LogP contribution in [0.25, 0.3) is 0 Å². The summed E-state index contributed by atoms with van der Waals surface area (Å²) in [5.41, 5.74) is 0.818. The second-order valence-corrected chi connectivity index (χ2v) is 6.68. The van der Waals surface area contributed by atoms with Crippen LogP contribution in [0.15, 0.2) is 53.1 Å². The van der Waals surface area contributed by atoms with Crippen molar-refractivity contribution in [2.45, 2.75) is 6.04 Å². The number of amides is 1. The van der Waals surface area contributed by atoms with Gasteiger partial charge in [-0.15, -0.1) is 11.3 Å². The van der Waals surface area contributed by atoms with E-state index in [-0.39, 0.29) is 17.9 Å². The van der Waals surface area contributed by atoms with Crippen LogP contribution in [-0.4, -0.2) is 49.1 Å². The van der Waals surface area contributed by atoms with Crippen molar-refractivity contribution >= 4 is 23.0 Å². The molecule has 0 saturated heterocycles. The first-order valence-corrected chi connectivity index (χ1v) is 8.91. The Hall–Kier alpha value is -2.64. The molecular weight excluding hydrogens is 354 g/mol. The van der Waals surface area contributed by atoms with Gasteiger partial charge < -0.3 is 19.5 Å². The summed E-state index contributed by atoms with van der Waals surface area (Å²) in [5.74, 6) is -0.740. The molecule has 6 nitrogen and oxygen atoms in total. The summed E-state index contributed by atoms with van der Waals surface area (Å²) in [6, 6.07) is 9.87. The van der Waals surface area contributed by atoms with E-state index in [9.17, 15) is 14.7 Å². The molecule has 0 bridgehead atoms. The first-order valence-electron chi connectivity index (χ1n) is 8.03. The predicted molar refractivity (Wildman–Crippen MR) is 97.6 cm³/mol. The van der Waals surface area contributed by atoms with Gasteiger partial charge in [0.1, 0.15) is 5.75 Å². The fraction of sp³-hybridized carbons (Fsp3) is 0.263. The van der Waals surface area contributed by atoms with Gasteiger partial charge in [0, 0.05) is 13.7 Å². The predicted octanol–water partition coefficient (Wildman–Crippen LogP) is 2.98. The fourth-order valence-electron chi connectivity index (χ4n) is 2.98. The van der Waals surface area contributed by atoms with Crippen molar-refractivity contribution in [3.63, 3.8) is 0 Å². The van der Waals surface area contributed by atoms with E-state index < -0.39 is 17.7 Å². The van der Waals surface area contributed by atoms with Crippen molar-refractivity contribution in [1.29, 1.82) is 0 Å². The molecule has 1 aliphatic rings. The van der Waals surface area contributed by atoms with E-state index in [2.05, 4.69) is 0 Å². The third-order valence-corrected chi connectivity index (χ3v) is 5.13. The average molecular weight is 373 g/mol. The number of rotatable bonds is 7. The minimum atomic E-state index is -0.668. The standard InChI is InChI=1S/C19H19NO5S/c1-24-10-9-20-16(12-5-7-13(25-2)8-6-12)15(18(22)19(20)23)17(21)14-4-3-11-26-14/h3-8,11,16,22H,9-10H2,1-2H3/t16-/m0/s1. The summed E-state index contributed by atoms with van der Waals surface area (Å²) in [4.78, 5) is 27.5. The minimum Gasteiger partial charge on any atom is -0.503 e. The zero-order valence-electron chi connectivity index (χ0n) is 14.5. The molecule has 2 heterocycles. The lowest BCUT2D eigenvalue weighted by Gasteiger charge is -2.26. The van der Waals surface area contributed by atoms with Crippen molar-refractivity contribution in [2.24, 2.45) is 0 Å². The second-order valence-electron chi connectivity index (χ2n) is 5.74. The molecule has 1 N–H and O–H groups in total. The zero-order valence-corrected chi connectivity index (χ0v) is 15.3. The monoisotopic (exact) mass is 373 g/mol. The number of methoxy groups -OCH3 is 2. The van der Waals surface area contributed by atoms with E-state index in [0.29, 0.717) is 17.2 Å². The lowest BCUT2D eigenvalue weighted by molar-refractivity contribution is -0.130. The minimum absolute atomic E-state index is 0.0960. The van der Waals surface area contributed by atoms with Gasteiger partial charge in [0.15, 0.2) is 5.76 Å². The van der Waals surface area contributed by atoms with Gasteiger partial charge in [-0.25, -0.2) is 0 Å². The normalized spacial score (nSPS) is 17.1. The van der Waals surface area contributed by atoms with E-state index >= 15 is 0 Å². The highest BCUT2D eigenvalue weighted by Crippen LogP contribution is 2.39. The average Bonchev–Trinajstić information content (AvgIpc) is 3.28. The lowest BCUT2D eigenvalue weighted by Crippen LogP contribution is -2.33. The molecule has 1 amide bonds. The Morgan fingerprint density at radius 1 is 1.23 bits per heavy atom. The van der Waals surface area contributed by atoms with Crippen molar-refractivity contribution in [3.8, 4) is 5.75 Å². The molecule has 136 valence electrons. The summed E-state index contributed by atoms with van der Waals surface area (Å²) in [6.07, 6.45) is 0. The number of nitrogens with zero attached hydrogens (tertiary/aromatic N) is 1. The number of ketones is 1. The van der Waals surface area contributed by atoms with Crippen LogP contribution < -0.4 is 4.74 Å². The Morgan fingerprint density at radius 3 is 2.54 bits per heavy atom. The number of benzene rings is 1. The second kappa shape index (κ2) is 7.72. The Morgan fingerprint density at radius 2 is 1.96 bits per heavy atom. The molecule has 1 aromatic heterocycles. The molecule has 0 saturated carbocycles. The zero-order chi connectivity index (χ0) is 18.7. The maximum Gasteiger partial charge on any atom is 0.290 e. The number of aliphatic hydroxyl groups excluding tert-OH is 1. The van der Waals surface area contributed by atoms with Crippen LogP contribution in [0, 0.1) is 0 Å². The molecule has 1 atom stereocenters. The van der Waals surface area contributed by atoms with Crippen LogP contribution >= 0.6 is 11.3 Å². The highest BCUT2D eigenvalue weighted by molar-refractivity contribution is 7.12. The smallest absolute Gasteiger partial charge is 0.290 e. The van der Waals surface area contributed by atoms with Crippen molar-refractivity contribution in [2.75, 3.05) is 27.4 Å². The number of carbonyl (C=O) groups is 2. The van der Waals surface area contributed by atoms with E-state index in [1.165, 1.54) is 23.3 Å². The Balaban J connectivity index is 2.05. The topological polar surface area (TPSA) is 76.1 Å². The number of aliphatic hydroxyl groups is 1. The molecule has 26 heavy (non-hydrogen) atoms. The Bertz CT molecular complexity index is 826. The first kappa shape index (κ1) is 18.2. The van der Waals surface area contributed by atoms with Gasteiger partial charge in [-0.05, 0) is 29.1 Å². The molecule has 7 heteroatoms. The van der Waals surface area contributed by atoms with E-state index in [0.717, 1.165) is 5.56 Å². The number of ether oxygens (including phenoxy) is 2. The number of carbonyl (C=O) groups excluding carboxylic acids is 2. The van der Waals surface area contributed by atoms with Crippen molar-refractivity contribution in [3.05, 3.63) is 63.6 Å². The maximum atomic E-state index is 12.9. The summed E-state index contributed by atoms with van der Waals surface area (Å²) in [7, 11) is 3.10. The summed E-state index contributed by atoms with van der Waals surface area (Å²) in [5, 5.41) is 12.2. The fourth-order valence-corrected chi connectivity index (χ4v) is 3.66. The van der Waals surface area contributed by atoms with Gasteiger partial charge >= 0.3 is 0 Å². The van der Waals surface area contributed by atoms with Crippen LogP contribution in [0.3, 0.4) is 0 Å². The van der Waals surface area contributed by atoms with Gasteiger partial charge in [0.2, 0.25) is 5.78 Å². The molecular formula is C19H19NO5S. The maximum absolute atomic E-state index is 12.9. The molecule has 0 radical (unpaired) electrons. The number of thiophene rings is 1. The lowest BCUT2D eigenvalue weighted by atomic mass is 9.95. The first-order chi connectivity index (χ1) is 12.6. The van der Waals surface area contributed by atoms with Gasteiger partial charge in [-0.3, -0.25) is 9.59 Å². The van der Waals surface area contributed by atoms with Crippen LogP contribution in [0.4, 0.5) is 0 Å². The number of Topliss-reactive ketones (excluding diaryl/α,β-unsaturated/α-hetero) is 1.